The molecule has 0 spiro atoms. The summed E-state index contributed by atoms with van der Waals surface area (Å²) in [7, 11) is 0. The fourth-order valence-electron chi connectivity index (χ4n) is 9.18. The van der Waals surface area contributed by atoms with Gasteiger partial charge in [0.25, 0.3) is 0 Å². The fourth-order valence-corrected chi connectivity index (χ4v) is 10.4. The quantitative estimate of drug-likeness (QED) is 0.157. The summed E-state index contributed by atoms with van der Waals surface area (Å²) in [5, 5.41) is 9.63. The summed E-state index contributed by atoms with van der Waals surface area (Å²) in [5.74, 6) is 0. The van der Waals surface area contributed by atoms with E-state index in [-0.39, 0.29) is 0 Å². The van der Waals surface area contributed by atoms with Crippen molar-refractivity contribution in [3.8, 4) is 33.4 Å². The smallest absolute Gasteiger partial charge is 0.145 e. The lowest BCUT2D eigenvalue weighted by Crippen LogP contribution is -2.11. The summed E-state index contributed by atoms with van der Waals surface area (Å²) in [6.45, 7) is 0. The molecule has 0 fully saturated rings. The van der Waals surface area contributed by atoms with Crippen LogP contribution in [0.25, 0.3) is 97.0 Å². The molecule has 276 valence electrons. The SMILES string of the molecule is c1ccc(-c2ccc(N(c3ccc(-c4ccc(-c5ccccc5)c5sc6ccccc6c45)cc3)c3cccc4ccc5ccccc5c34)c3c2oc2ccccc23)cc1. The molecular formula is C56H35NOS. The van der Waals surface area contributed by atoms with E-state index in [9.17, 15) is 0 Å². The normalized spacial score (nSPS) is 11.7. The zero-order chi connectivity index (χ0) is 38.9. The second-order valence-corrected chi connectivity index (χ2v) is 16.2. The Morgan fingerprint density at radius 1 is 0.356 bits per heavy atom. The van der Waals surface area contributed by atoms with Crippen molar-refractivity contribution in [3.05, 3.63) is 212 Å². The van der Waals surface area contributed by atoms with E-state index in [2.05, 4.69) is 217 Å². The van der Waals surface area contributed by atoms with Crippen LogP contribution in [0.15, 0.2) is 217 Å². The molecule has 0 aliphatic heterocycles. The average molecular weight is 770 g/mol. The third-order valence-corrected chi connectivity index (χ3v) is 13.1. The number of thiophene rings is 1. The predicted molar refractivity (Wildman–Crippen MR) is 253 cm³/mol. The Morgan fingerprint density at radius 2 is 0.949 bits per heavy atom. The minimum atomic E-state index is 0.872. The molecule has 0 radical (unpaired) electrons. The minimum absolute atomic E-state index is 0.872. The van der Waals surface area contributed by atoms with Gasteiger partial charge >= 0.3 is 0 Å². The molecule has 0 aliphatic carbocycles. The summed E-state index contributed by atoms with van der Waals surface area (Å²) < 4.78 is 9.43. The van der Waals surface area contributed by atoms with Gasteiger partial charge in [-0.25, -0.2) is 0 Å². The first kappa shape index (κ1) is 33.7. The van der Waals surface area contributed by atoms with Gasteiger partial charge in [0.2, 0.25) is 0 Å². The van der Waals surface area contributed by atoms with Crippen LogP contribution in [0.2, 0.25) is 0 Å². The Morgan fingerprint density at radius 3 is 1.76 bits per heavy atom. The molecule has 2 aromatic heterocycles. The van der Waals surface area contributed by atoms with E-state index in [1.54, 1.807) is 0 Å². The Labute approximate surface area is 345 Å². The highest BCUT2D eigenvalue weighted by molar-refractivity contribution is 7.26. The van der Waals surface area contributed by atoms with Crippen molar-refractivity contribution in [2.45, 2.75) is 0 Å². The fraction of sp³-hybridized carbons (Fsp3) is 0. The van der Waals surface area contributed by atoms with Gasteiger partial charge in [-0.1, -0.05) is 170 Å². The molecule has 0 unspecified atom stereocenters. The lowest BCUT2D eigenvalue weighted by atomic mass is 9.94. The van der Waals surface area contributed by atoms with E-state index in [0.29, 0.717) is 0 Å². The summed E-state index contributed by atoms with van der Waals surface area (Å²) in [6, 6.07) is 76.8. The number of para-hydroxylation sites is 1. The molecular weight excluding hydrogens is 735 g/mol. The Hall–Kier alpha value is -7.46. The molecule has 0 bridgehead atoms. The lowest BCUT2D eigenvalue weighted by molar-refractivity contribution is 0.670. The van der Waals surface area contributed by atoms with Crippen molar-refractivity contribution in [2.75, 3.05) is 4.90 Å². The van der Waals surface area contributed by atoms with Gasteiger partial charge in [0.15, 0.2) is 0 Å². The first-order valence-corrected chi connectivity index (χ1v) is 20.9. The summed E-state index contributed by atoms with van der Waals surface area (Å²) in [6.07, 6.45) is 0. The second-order valence-electron chi connectivity index (χ2n) is 15.2. The van der Waals surface area contributed by atoms with Gasteiger partial charge in [0, 0.05) is 42.2 Å². The highest BCUT2D eigenvalue weighted by Gasteiger charge is 2.24. The number of rotatable bonds is 6. The van der Waals surface area contributed by atoms with Crippen LogP contribution in [0.5, 0.6) is 0 Å². The maximum absolute atomic E-state index is 6.82. The molecule has 0 aliphatic rings. The Kier molecular flexibility index (Phi) is 7.75. The van der Waals surface area contributed by atoms with E-state index < -0.39 is 0 Å². The van der Waals surface area contributed by atoms with Crippen molar-refractivity contribution in [1.29, 1.82) is 0 Å². The topological polar surface area (TPSA) is 16.4 Å². The van der Waals surface area contributed by atoms with Crippen molar-refractivity contribution in [2.24, 2.45) is 0 Å². The number of hydrogen-bond donors (Lipinski definition) is 0. The van der Waals surface area contributed by atoms with E-state index in [1.165, 1.54) is 64.0 Å². The monoisotopic (exact) mass is 769 g/mol. The molecule has 0 N–H and O–H groups in total. The number of hydrogen-bond acceptors (Lipinski definition) is 3. The Balaban J connectivity index is 1.11. The highest BCUT2D eigenvalue weighted by atomic mass is 32.1. The van der Waals surface area contributed by atoms with Gasteiger partial charge in [0.05, 0.1) is 16.8 Å². The van der Waals surface area contributed by atoms with Gasteiger partial charge in [-0.05, 0) is 86.4 Å². The molecule has 2 heterocycles. The van der Waals surface area contributed by atoms with E-state index in [1.807, 2.05) is 11.3 Å². The molecule has 0 saturated carbocycles. The van der Waals surface area contributed by atoms with E-state index in [0.717, 1.165) is 50.1 Å². The number of benzene rings is 10. The van der Waals surface area contributed by atoms with Gasteiger partial charge < -0.3 is 9.32 Å². The Bertz CT molecular complexity index is 3550. The van der Waals surface area contributed by atoms with Crippen LogP contribution in [0.4, 0.5) is 17.1 Å². The number of fused-ring (bicyclic) bond motifs is 9. The molecule has 0 atom stereocenters. The first-order chi connectivity index (χ1) is 29.3. The summed E-state index contributed by atoms with van der Waals surface area (Å²) in [5.41, 5.74) is 12.1. The van der Waals surface area contributed by atoms with Gasteiger partial charge in [0.1, 0.15) is 11.2 Å². The zero-order valence-electron chi connectivity index (χ0n) is 32.0. The maximum Gasteiger partial charge on any atom is 0.145 e. The second kappa shape index (κ2) is 13.6. The van der Waals surface area contributed by atoms with Crippen LogP contribution in [-0.4, -0.2) is 0 Å². The van der Waals surface area contributed by atoms with Crippen LogP contribution >= 0.6 is 11.3 Å². The molecule has 3 heteroatoms. The molecule has 12 rings (SSSR count). The highest BCUT2D eigenvalue weighted by Crippen LogP contribution is 2.50. The molecule has 0 amide bonds. The zero-order valence-corrected chi connectivity index (χ0v) is 32.8. The van der Waals surface area contributed by atoms with Gasteiger partial charge in [-0.2, -0.15) is 0 Å². The molecule has 59 heavy (non-hydrogen) atoms. The maximum atomic E-state index is 6.82. The van der Waals surface area contributed by atoms with Crippen molar-refractivity contribution in [3.63, 3.8) is 0 Å². The minimum Gasteiger partial charge on any atom is -0.455 e. The number of anilines is 3. The van der Waals surface area contributed by atoms with Crippen LogP contribution < -0.4 is 4.90 Å². The van der Waals surface area contributed by atoms with Crippen LogP contribution in [0.3, 0.4) is 0 Å². The van der Waals surface area contributed by atoms with Crippen molar-refractivity contribution in [1.82, 2.24) is 0 Å². The van der Waals surface area contributed by atoms with Crippen LogP contribution in [-0.2, 0) is 0 Å². The third kappa shape index (κ3) is 5.40. The summed E-state index contributed by atoms with van der Waals surface area (Å²) >= 11 is 1.88. The van der Waals surface area contributed by atoms with Crippen molar-refractivity contribution < 1.29 is 4.42 Å². The molecule has 10 aromatic carbocycles. The largest absolute Gasteiger partial charge is 0.455 e. The van der Waals surface area contributed by atoms with Gasteiger partial charge in [-0.15, -0.1) is 11.3 Å². The van der Waals surface area contributed by atoms with E-state index >= 15 is 0 Å². The summed E-state index contributed by atoms with van der Waals surface area (Å²) in [4.78, 5) is 2.45. The third-order valence-electron chi connectivity index (χ3n) is 11.9. The lowest BCUT2D eigenvalue weighted by Gasteiger charge is -2.28. The van der Waals surface area contributed by atoms with E-state index in [4.69, 9.17) is 4.42 Å². The van der Waals surface area contributed by atoms with Crippen molar-refractivity contribution >= 4 is 92.1 Å². The molecule has 2 nitrogen and oxygen atoms in total. The number of nitrogens with zero attached hydrogens (tertiary/aromatic N) is 1. The van der Waals surface area contributed by atoms with Crippen LogP contribution in [0.1, 0.15) is 0 Å². The predicted octanol–water partition coefficient (Wildman–Crippen LogP) is 16.7. The first-order valence-electron chi connectivity index (χ1n) is 20.1. The molecule has 0 saturated heterocycles. The number of furan rings is 1. The standard InChI is InChI=1S/C56H35NOS/c1-3-14-36(15-4-1)44-34-35-49(54-46-21-9-11-24-50(46)58-55(44)54)57(48-23-13-19-40-27-26-38-18-7-8-20-42(38)52(40)48)41-30-28-39(29-31-41)43-32-33-45(37-16-5-2-6-17-37)56-53(43)47-22-10-12-25-51(47)59-56/h1-35H. The van der Waals surface area contributed by atoms with Crippen LogP contribution in [0, 0.1) is 0 Å². The molecule has 12 aromatic rings. The van der Waals surface area contributed by atoms with Gasteiger partial charge in [-0.3, -0.25) is 0 Å². The average Bonchev–Trinajstić information content (AvgIpc) is 3.90.